The molecule has 0 aromatic heterocycles. The van der Waals surface area contributed by atoms with Gasteiger partial charge in [-0.1, -0.05) is 47.9 Å². The number of allylic oxidation sites excluding steroid dienone is 1. The van der Waals surface area contributed by atoms with Crippen molar-refractivity contribution in [3.8, 4) is 0 Å². The standard InChI is InChI=1S/C15H32N2S2/c1-3-13-18-19-14-9-6-10-15(2)17-12-8-5-4-7-11-16/h17H,2-14,16H2,1H3. The molecule has 0 aliphatic rings. The van der Waals surface area contributed by atoms with E-state index in [1.165, 1.54) is 55.7 Å². The van der Waals surface area contributed by atoms with Gasteiger partial charge in [0.25, 0.3) is 0 Å². The van der Waals surface area contributed by atoms with Crippen LogP contribution in [0, 0.1) is 0 Å². The maximum absolute atomic E-state index is 5.46. The maximum Gasteiger partial charge on any atom is 0.0143 e. The monoisotopic (exact) mass is 304 g/mol. The van der Waals surface area contributed by atoms with E-state index >= 15 is 0 Å². The Morgan fingerprint density at radius 2 is 1.74 bits per heavy atom. The summed E-state index contributed by atoms with van der Waals surface area (Å²) in [6.45, 7) is 8.23. The van der Waals surface area contributed by atoms with Gasteiger partial charge in [0.05, 0.1) is 0 Å². The zero-order chi connectivity index (χ0) is 14.2. The van der Waals surface area contributed by atoms with Crippen molar-refractivity contribution in [1.29, 1.82) is 0 Å². The quantitative estimate of drug-likeness (QED) is 0.343. The molecule has 0 aliphatic carbocycles. The lowest BCUT2D eigenvalue weighted by Gasteiger charge is -2.09. The molecule has 0 heterocycles. The van der Waals surface area contributed by atoms with Crippen molar-refractivity contribution >= 4 is 21.6 Å². The lowest BCUT2D eigenvalue weighted by Crippen LogP contribution is -2.14. The van der Waals surface area contributed by atoms with E-state index in [-0.39, 0.29) is 0 Å². The fourth-order valence-corrected chi connectivity index (χ4v) is 3.96. The average molecular weight is 305 g/mol. The summed E-state index contributed by atoms with van der Waals surface area (Å²) in [5.41, 5.74) is 6.68. The van der Waals surface area contributed by atoms with Crippen molar-refractivity contribution in [2.24, 2.45) is 5.73 Å². The Labute approximate surface area is 128 Å². The second-order valence-corrected chi connectivity index (χ2v) is 7.54. The molecule has 0 amide bonds. The van der Waals surface area contributed by atoms with Crippen LogP contribution in [-0.4, -0.2) is 24.6 Å². The fourth-order valence-electron chi connectivity index (χ4n) is 1.68. The normalized spacial score (nSPS) is 10.6. The number of nitrogens with one attached hydrogen (secondary N) is 1. The second kappa shape index (κ2) is 16.3. The molecule has 0 radical (unpaired) electrons. The number of hydrogen-bond donors (Lipinski definition) is 2. The SMILES string of the molecule is C=C(CCCCSSCCC)NCCCCCCN. The van der Waals surface area contributed by atoms with Gasteiger partial charge in [-0.15, -0.1) is 0 Å². The third kappa shape index (κ3) is 16.1. The van der Waals surface area contributed by atoms with Crippen molar-refractivity contribution < 1.29 is 0 Å². The molecule has 0 rings (SSSR count). The van der Waals surface area contributed by atoms with Gasteiger partial charge in [0, 0.05) is 23.7 Å². The highest BCUT2D eigenvalue weighted by atomic mass is 33.1. The highest BCUT2D eigenvalue weighted by molar-refractivity contribution is 8.76. The van der Waals surface area contributed by atoms with Gasteiger partial charge in [0.15, 0.2) is 0 Å². The molecule has 0 spiro atoms. The minimum atomic E-state index is 0.828. The molecule has 2 nitrogen and oxygen atoms in total. The first-order valence-electron chi connectivity index (χ1n) is 7.67. The van der Waals surface area contributed by atoms with Crippen LogP contribution in [0.2, 0.25) is 0 Å². The summed E-state index contributed by atoms with van der Waals surface area (Å²) >= 11 is 0. The molecular formula is C15H32N2S2. The molecule has 114 valence electrons. The molecule has 0 atom stereocenters. The third-order valence-electron chi connectivity index (χ3n) is 2.83. The van der Waals surface area contributed by atoms with Crippen LogP contribution in [0.25, 0.3) is 0 Å². The average Bonchev–Trinajstić information content (AvgIpc) is 2.41. The largest absolute Gasteiger partial charge is 0.389 e. The highest BCUT2D eigenvalue weighted by Crippen LogP contribution is 2.23. The number of unbranched alkanes of at least 4 members (excludes halogenated alkanes) is 4. The first kappa shape index (κ1) is 19.2. The summed E-state index contributed by atoms with van der Waals surface area (Å²) in [7, 11) is 4.02. The predicted molar refractivity (Wildman–Crippen MR) is 93.7 cm³/mol. The minimum Gasteiger partial charge on any atom is -0.389 e. The van der Waals surface area contributed by atoms with Crippen molar-refractivity contribution in [1.82, 2.24) is 5.32 Å². The second-order valence-electron chi connectivity index (χ2n) is 4.83. The maximum atomic E-state index is 5.46. The smallest absolute Gasteiger partial charge is 0.0143 e. The molecule has 4 heteroatoms. The molecular weight excluding hydrogens is 272 g/mol. The van der Waals surface area contributed by atoms with Crippen LogP contribution in [0.5, 0.6) is 0 Å². The molecule has 0 saturated heterocycles. The molecule has 0 aromatic rings. The van der Waals surface area contributed by atoms with Gasteiger partial charge < -0.3 is 11.1 Å². The summed E-state index contributed by atoms with van der Waals surface area (Å²) in [6, 6.07) is 0. The van der Waals surface area contributed by atoms with Crippen LogP contribution >= 0.6 is 21.6 Å². The topological polar surface area (TPSA) is 38.0 Å². The zero-order valence-electron chi connectivity index (χ0n) is 12.6. The van der Waals surface area contributed by atoms with E-state index in [0.29, 0.717) is 0 Å². The fraction of sp³-hybridized carbons (Fsp3) is 0.867. The first-order valence-corrected chi connectivity index (χ1v) is 10.2. The van der Waals surface area contributed by atoms with Gasteiger partial charge in [-0.05, 0) is 45.1 Å². The van der Waals surface area contributed by atoms with E-state index in [1.807, 2.05) is 21.6 Å². The van der Waals surface area contributed by atoms with E-state index in [4.69, 9.17) is 5.73 Å². The van der Waals surface area contributed by atoms with Crippen molar-refractivity contribution in [2.45, 2.75) is 58.3 Å². The molecule has 0 aliphatic heterocycles. The van der Waals surface area contributed by atoms with Crippen LogP contribution in [0.4, 0.5) is 0 Å². The Morgan fingerprint density at radius 1 is 1.00 bits per heavy atom. The van der Waals surface area contributed by atoms with E-state index in [1.54, 1.807) is 0 Å². The van der Waals surface area contributed by atoms with Gasteiger partial charge in [-0.2, -0.15) is 0 Å². The van der Waals surface area contributed by atoms with Gasteiger partial charge in [-0.25, -0.2) is 0 Å². The highest BCUT2D eigenvalue weighted by Gasteiger charge is 1.96. The van der Waals surface area contributed by atoms with Gasteiger partial charge in [0.1, 0.15) is 0 Å². The molecule has 0 bridgehead atoms. The number of nitrogens with two attached hydrogens (primary N) is 1. The summed E-state index contributed by atoms with van der Waals surface area (Å²) in [5.74, 6) is 2.56. The van der Waals surface area contributed by atoms with Crippen LogP contribution < -0.4 is 11.1 Å². The van der Waals surface area contributed by atoms with Crippen LogP contribution in [0.1, 0.15) is 58.3 Å². The lowest BCUT2D eigenvalue weighted by molar-refractivity contribution is 0.609. The number of rotatable bonds is 15. The van der Waals surface area contributed by atoms with E-state index in [2.05, 4.69) is 18.8 Å². The van der Waals surface area contributed by atoms with Crippen molar-refractivity contribution in [3.63, 3.8) is 0 Å². The van der Waals surface area contributed by atoms with Gasteiger partial charge >= 0.3 is 0 Å². The first-order chi connectivity index (χ1) is 9.31. The van der Waals surface area contributed by atoms with Crippen LogP contribution in [0.15, 0.2) is 12.3 Å². The molecule has 0 saturated carbocycles. The van der Waals surface area contributed by atoms with Crippen LogP contribution in [-0.2, 0) is 0 Å². The number of hydrogen-bond acceptors (Lipinski definition) is 4. The molecule has 3 N–H and O–H groups in total. The Balaban J connectivity index is 3.13. The molecule has 19 heavy (non-hydrogen) atoms. The molecule has 0 fully saturated rings. The van der Waals surface area contributed by atoms with Gasteiger partial charge in [0.2, 0.25) is 0 Å². The Bertz CT molecular complexity index is 199. The summed E-state index contributed by atoms with van der Waals surface area (Å²) < 4.78 is 0. The summed E-state index contributed by atoms with van der Waals surface area (Å²) in [4.78, 5) is 0. The molecule has 0 unspecified atom stereocenters. The summed E-state index contributed by atoms with van der Waals surface area (Å²) in [6.07, 6.45) is 9.92. The Kier molecular flexibility index (Phi) is 16.4. The molecule has 0 aromatic carbocycles. The van der Waals surface area contributed by atoms with Gasteiger partial charge in [-0.3, -0.25) is 0 Å². The summed E-state index contributed by atoms with van der Waals surface area (Å²) in [5, 5.41) is 3.43. The van der Waals surface area contributed by atoms with Crippen LogP contribution in [0.3, 0.4) is 0 Å². The van der Waals surface area contributed by atoms with Crippen molar-refractivity contribution in [3.05, 3.63) is 12.3 Å². The predicted octanol–water partition coefficient (Wildman–Crippen LogP) is 4.57. The third-order valence-corrected chi connectivity index (χ3v) is 5.53. The van der Waals surface area contributed by atoms with E-state index < -0.39 is 0 Å². The van der Waals surface area contributed by atoms with E-state index in [9.17, 15) is 0 Å². The van der Waals surface area contributed by atoms with E-state index in [0.717, 1.165) is 25.9 Å². The Hall–Kier alpha value is 0.200. The minimum absolute atomic E-state index is 0.828. The van der Waals surface area contributed by atoms with Crippen molar-refractivity contribution in [2.75, 3.05) is 24.6 Å². The Morgan fingerprint density at radius 3 is 2.47 bits per heavy atom. The lowest BCUT2D eigenvalue weighted by atomic mass is 10.2. The zero-order valence-corrected chi connectivity index (χ0v) is 14.2.